The predicted octanol–water partition coefficient (Wildman–Crippen LogP) is 4.34. The van der Waals surface area contributed by atoms with Crippen LogP contribution in [0.1, 0.15) is 41.7 Å². The number of benzene rings is 1. The molecule has 0 fully saturated rings. The zero-order chi connectivity index (χ0) is 16.6. The molecule has 2 heterocycles. The van der Waals surface area contributed by atoms with Gasteiger partial charge in [-0.1, -0.05) is 19.1 Å². The maximum absolute atomic E-state index is 12.4. The Morgan fingerprint density at radius 2 is 2.13 bits per heavy atom. The molecule has 0 aliphatic carbocycles. The van der Waals surface area contributed by atoms with Gasteiger partial charge in [0.25, 0.3) is 5.56 Å². The Hall–Kier alpha value is -2.14. The molecule has 1 aromatic carbocycles. The number of hydrogen-bond acceptors (Lipinski definition) is 4. The lowest BCUT2D eigenvalue weighted by Gasteiger charge is -2.15. The number of anilines is 1. The lowest BCUT2D eigenvalue weighted by atomic mass is 10.1. The summed E-state index contributed by atoms with van der Waals surface area (Å²) in [5, 5.41) is 4.14. The zero-order valence-electron chi connectivity index (χ0n) is 13.9. The standard InChI is InChI=1S/C18H21N3OS/c1-5-13-7-6-8-14(9-13)19-11(3)16-20-17(22)15-10(2)12(4)23-18(15)21-16/h6-9,11,19H,5H2,1-4H3,(H,20,21,22). The summed E-state index contributed by atoms with van der Waals surface area (Å²) < 4.78 is 0. The van der Waals surface area contributed by atoms with Crippen LogP contribution >= 0.6 is 11.3 Å². The van der Waals surface area contributed by atoms with Crippen LogP contribution in [0.5, 0.6) is 0 Å². The van der Waals surface area contributed by atoms with E-state index in [0.717, 1.165) is 32.8 Å². The van der Waals surface area contributed by atoms with Crippen molar-refractivity contribution in [1.82, 2.24) is 9.97 Å². The third-order valence-electron chi connectivity index (χ3n) is 4.19. The fourth-order valence-corrected chi connectivity index (χ4v) is 3.71. The first-order valence-corrected chi connectivity index (χ1v) is 8.66. The number of aromatic nitrogens is 2. The minimum absolute atomic E-state index is 0.0530. The smallest absolute Gasteiger partial charge is 0.259 e. The van der Waals surface area contributed by atoms with Gasteiger partial charge in [-0.05, 0) is 50.5 Å². The van der Waals surface area contributed by atoms with Crippen molar-refractivity contribution in [3.8, 4) is 0 Å². The van der Waals surface area contributed by atoms with E-state index in [2.05, 4.69) is 34.3 Å². The second-order valence-electron chi connectivity index (χ2n) is 5.83. The van der Waals surface area contributed by atoms with Crippen molar-refractivity contribution in [2.45, 2.75) is 40.2 Å². The Morgan fingerprint density at radius 3 is 2.87 bits per heavy atom. The first-order valence-electron chi connectivity index (χ1n) is 7.85. The Bertz CT molecular complexity index is 910. The van der Waals surface area contributed by atoms with Crippen LogP contribution < -0.4 is 10.9 Å². The van der Waals surface area contributed by atoms with Crippen LogP contribution in [-0.4, -0.2) is 9.97 Å². The van der Waals surface area contributed by atoms with Gasteiger partial charge in [0.2, 0.25) is 0 Å². The van der Waals surface area contributed by atoms with Crippen LogP contribution in [0.15, 0.2) is 29.1 Å². The van der Waals surface area contributed by atoms with E-state index in [1.165, 1.54) is 5.56 Å². The van der Waals surface area contributed by atoms with Crippen LogP contribution in [0.2, 0.25) is 0 Å². The summed E-state index contributed by atoms with van der Waals surface area (Å²) in [6.07, 6.45) is 0.999. The highest BCUT2D eigenvalue weighted by molar-refractivity contribution is 7.18. The van der Waals surface area contributed by atoms with Gasteiger partial charge in [-0.15, -0.1) is 11.3 Å². The number of nitrogens with one attached hydrogen (secondary N) is 2. The molecule has 2 aromatic heterocycles. The molecule has 1 unspecified atom stereocenters. The van der Waals surface area contributed by atoms with Crippen LogP contribution in [0, 0.1) is 13.8 Å². The molecule has 120 valence electrons. The van der Waals surface area contributed by atoms with Crippen molar-refractivity contribution in [1.29, 1.82) is 0 Å². The molecule has 0 aliphatic heterocycles. The van der Waals surface area contributed by atoms with Gasteiger partial charge in [0.05, 0.1) is 11.4 Å². The number of aromatic amines is 1. The van der Waals surface area contributed by atoms with Gasteiger partial charge in [-0.25, -0.2) is 4.98 Å². The third-order valence-corrected chi connectivity index (χ3v) is 5.29. The number of hydrogen-bond donors (Lipinski definition) is 2. The summed E-state index contributed by atoms with van der Waals surface area (Å²) in [6.45, 7) is 8.15. The Balaban J connectivity index is 1.94. The monoisotopic (exact) mass is 327 g/mol. The SMILES string of the molecule is CCc1cccc(NC(C)c2nc3sc(C)c(C)c3c(=O)[nH]2)c1. The lowest BCUT2D eigenvalue weighted by molar-refractivity contribution is 0.792. The van der Waals surface area contributed by atoms with Crippen molar-refractivity contribution in [3.05, 3.63) is 56.4 Å². The summed E-state index contributed by atoms with van der Waals surface area (Å²) >= 11 is 1.58. The van der Waals surface area contributed by atoms with Crippen LogP contribution in [0.3, 0.4) is 0 Å². The minimum atomic E-state index is -0.0677. The Morgan fingerprint density at radius 1 is 1.35 bits per heavy atom. The number of rotatable bonds is 4. The molecule has 4 nitrogen and oxygen atoms in total. The quantitative estimate of drug-likeness (QED) is 0.749. The van der Waals surface area contributed by atoms with Crippen molar-refractivity contribution in [2.75, 3.05) is 5.32 Å². The number of aryl methyl sites for hydroxylation is 3. The van der Waals surface area contributed by atoms with Crippen molar-refractivity contribution in [3.63, 3.8) is 0 Å². The van der Waals surface area contributed by atoms with Gasteiger partial charge in [0, 0.05) is 10.6 Å². The second-order valence-corrected chi connectivity index (χ2v) is 7.04. The molecule has 0 aliphatic rings. The fraction of sp³-hybridized carbons (Fsp3) is 0.333. The number of thiophene rings is 1. The Kier molecular flexibility index (Phi) is 4.22. The van der Waals surface area contributed by atoms with Gasteiger partial charge >= 0.3 is 0 Å². The molecule has 23 heavy (non-hydrogen) atoms. The van der Waals surface area contributed by atoms with E-state index in [1.807, 2.05) is 32.9 Å². The van der Waals surface area contributed by atoms with E-state index >= 15 is 0 Å². The average Bonchev–Trinajstić information content (AvgIpc) is 2.82. The van der Waals surface area contributed by atoms with Gasteiger partial charge in [0.15, 0.2) is 0 Å². The van der Waals surface area contributed by atoms with E-state index in [9.17, 15) is 4.79 Å². The maximum atomic E-state index is 12.4. The summed E-state index contributed by atoms with van der Waals surface area (Å²) in [7, 11) is 0. The van der Waals surface area contributed by atoms with Crippen molar-refractivity contribution < 1.29 is 0 Å². The first kappa shape index (κ1) is 15.7. The molecular weight excluding hydrogens is 306 g/mol. The molecule has 3 aromatic rings. The number of fused-ring (bicyclic) bond motifs is 1. The van der Waals surface area contributed by atoms with E-state index < -0.39 is 0 Å². The average molecular weight is 327 g/mol. The third kappa shape index (κ3) is 3.01. The number of nitrogens with zero attached hydrogens (tertiary/aromatic N) is 1. The van der Waals surface area contributed by atoms with Gasteiger partial charge < -0.3 is 10.3 Å². The lowest BCUT2D eigenvalue weighted by Crippen LogP contribution is -2.17. The van der Waals surface area contributed by atoms with Crippen molar-refractivity contribution in [2.24, 2.45) is 0 Å². The molecule has 0 saturated heterocycles. The van der Waals surface area contributed by atoms with E-state index in [4.69, 9.17) is 0 Å². The van der Waals surface area contributed by atoms with Crippen molar-refractivity contribution >= 4 is 27.2 Å². The topological polar surface area (TPSA) is 57.8 Å². The van der Waals surface area contributed by atoms with Crippen LogP contribution in [-0.2, 0) is 6.42 Å². The summed E-state index contributed by atoms with van der Waals surface area (Å²) in [4.78, 5) is 21.9. The highest BCUT2D eigenvalue weighted by Crippen LogP contribution is 2.27. The molecule has 0 saturated carbocycles. The molecule has 0 radical (unpaired) electrons. The van der Waals surface area contributed by atoms with E-state index in [1.54, 1.807) is 11.3 Å². The maximum Gasteiger partial charge on any atom is 0.259 e. The van der Waals surface area contributed by atoms with Crippen LogP contribution in [0.25, 0.3) is 10.2 Å². The molecule has 3 rings (SSSR count). The molecule has 0 spiro atoms. The highest BCUT2D eigenvalue weighted by Gasteiger charge is 2.15. The molecular formula is C18H21N3OS. The predicted molar refractivity (Wildman–Crippen MR) is 97.6 cm³/mol. The van der Waals surface area contributed by atoms with Gasteiger partial charge in [-0.2, -0.15) is 0 Å². The second kappa shape index (κ2) is 6.16. The Labute approximate surface area is 139 Å². The molecule has 1 atom stereocenters. The van der Waals surface area contributed by atoms with E-state index in [0.29, 0.717) is 5.82 Å². The molecule has 5 heteroatoms. The van der Waals surface area contributed by atoms with Crippen LogP contribution in [0.4, 0.5) is 5.69 Å². The molecule has 0 amide bonds. The highest BCUT2D eigenvalue weighted by atomic mass is 32.1. The molecule has 0 bridgehead atoms. The zero-order valence-corrected chi connectivity index (χ0v) is 14.7. The van der Waals surface area contributed by atoms with Gasteiger partial charge in [0.1, 0.15) is 10.7 Å². The van der Waals surface area contributed by atoms with E-state index in [-0.39, 0.29) is 11.6 Å². The fourth-order valence-electron chi connectivity index (χ4n) is 2.68. The normalized spacial score (nSPS) is 12.5. The van der Waals surface area contributed by atoms with Gasteiger partial charge in [-0.3, -0.25) is 4.79 Å². The minimum Gasteiger partial charge on any atom is -0.375 e. The summed E-state index contributed by atoms with van der Waals surface area (Å²) in [6, 6.07) is 8.25. The largest absolute Gasteiger partial charge is 0.375 e. The molecule has 2 N–H and O–H groups in total. The summed E-state index contributed by atoms with van der Waals surface area (Å²) in [5.41, 5.74) is 3.30. The number of H-pyrrole nitrogens is 1. The first-order chi connectivity index (χ1) is 11.0. The summed E-state index contributed by atoms with van der Waals surface area (Å²) in [5.74, 6) is 0.672.